The van der Waals surface area contributed by atoms with Crippen LogP contribution in [-0.4, -0.2) is 22.8 Å². The van der Waals surface area contributed by atoms with Gasteiger partial charge in [-0.25, -0.2) is 9.96 Å². The number of para-hydroxylation sites is 3. The highest BCUT2D eigenvalue weighted by molar-refractivity contribution is 6.36. The molecule has 0 unspecified atom stereocenters. The molecule has 160 valence electrons. The minimum Gasteiger partial charge on any atom is -0.273 e. The molecular weight excluding hydrogens is 434 g/mol. The minimum absolute atomic E-state index is 0.154. The first-order chi connectivity index (χ1) is 15.5. The molecule has 2 aliphatic rings. The summed E-state index contributed by atoms with van der Waals surface area (Å²) in [6, 6.07) is 20.7. The molecular formula is C23H16ClN3O5. The summed E-state index contributed by atoms with van der Waals surface area (Å²) in [6.07, 6.45) is -1.14. The number of hydrogen-bond donors (Lipinski definition) is 0. The smallest absolute Gasteiger partial charge is 0.273 e. The molecule has 0 aromatic heterocycles. The Labute approximate surface area is 187 Å². The van der Waals surface area contributed by atoms with Crippen LogP contribution in [0.4, 0.5) is 17.1 Å². The van der Waals surface area contributed by atoms with Gasteiger partial charge in [0.05, 0.1) is 26.9 Å². The lowest BCUT2D eigenvalue weighted by Gasteiger charge is -2.28. The van der Waals surface area contributed by atoms with Crippen LogP contribution in [0.15, 0.2) is 78.9 Å². The van der Waals surface area contributed by atoms with E-state index in [1.54, 1.807) is 66.7 Å². The maximum absolute atomic E-state index is 13.6. The number of halogens is 1. The van der Waals surface area contributed by atoms with Gasteiger partial charge in [0.2, 0.25) is 5.91 Å². The fourth-order valence-corrected chi connectivity index (χ4v) is 4.52. The van der Waals surface area contributed by atoms with Crippen LogP contribution >= 0.6 is 11.6 Å². The van der Waals surface area contributed by atoms with E-state index in [1.165, 1.54) is 11.1 Å². The van der Waals surface area contributed by atoms with E-state index in [-0.39, 0.29) is 22.0 Å². The van der Waals surface area contributed by atoms with E-state index < -0.39 is 34.8 Å². The molecule has 0 spiro atoms. The maximum atomic E-state index is 13.6. The summed E-state index contributed by atoms with van der Waals surface area (Å²) in [5.41, 5.74) is 0.972. The second-order valence-corrected chi connectivity index (χ2v) is 7.84. The van der Waals surface area contributed by atoms with Crippen molar-refractivity contribution in [1.82, 2.24) is 0 Å². The second kappa shape index (κ2) is 7.74. The molecule has 2 heterocycles. The van der Waals surface area contributed by atoms with Crippen LogP contribution in [0, 0.1) is 16.0 Å². The van der Waals surface area contributed by atoms with Crippen molar-refractivity contribution < 1.29 is 19.3 Å². The Morgan fingerprint density at radius 3 is 2.25 bits per heavy atom. The van der Waals surface area contributed by atoms with E-state index in [4.69, 9.17) is 16.4 Å². The van der Waals surface area contributed by atoms with Crippen LogP contribution in [0.3, 0.4) is 0 Å². The molecule has 2 amide bonds. The SMILES string of the molecule is O=C1[C@@H]2[C@@H](c3ccccc3[N+](=O)[O-])N(c3ccccc3)O[C@H]2C(=O)N1c1ccccc1Cl. The summed E-state index contributed by atoms with van der Waals surface area (Å²) in [6.45, 7) is 0. The zero-order valence-electron chi connectivity index (χ0n) is 16.5. The van der Waals surface area contributed by atoms with Gasteiger partial charge in [-0.3, -0.25) is 24.5 Å². The van der Waals surface area contributed by atoms with Gasteiger partial charge in [0.15, 0.2) is 6.10 Å². The van der Waals surface area contributed by atoms with Crippen LogP contribution in [0.2, 0.25) is 5.02 Å². The highest BCUT2D eigenvalue weighted by Crippen LogP contribution is 2.49. The summed E-state index contributed by atoms with van der Waals surface area (Å²) < 4.78 is 0. The molecule has 0 N–H and O–H groups in total. The number of fused-ring (bicyclic) bond motifs is 1. The predicted molar refractivity (Wildman–Crippen MR) is 117 cm³/mol. The summed E-state index contributed by atoms with van der Waals surface area (Å²) in [5, 5.41) is 13.4. The molecule has 0 saturated carbocycles. The number of amides is 2. The lowest BCUT2D eigenvalue weighted by molar-refractivity contribution is -0.385. The Morgan fingerprint density at radius 1 is 0.875 bits per heavy atom. The van der Waals surface area contributed by atoms with E-state index in [1.807, 2.05) is 6.07 Å². The van der Waals surface area contributed by atoms with Crippen molar-refractivity contribution in [2.24, 2.45) is 5.92 Å². The summed E-state index contributed by atoms with van der Waals surface area (Å²) in [5.74, 6) is -2.06. The molecule has 3 atom stereocenters. The number of nitro benzene ring substituents is 1. The van der Waals surface area contributed by atoms with Gasteiger partial charge in [0.25, 0.3) is 11.6 Å². The molecule has 3 aromatic rings. The van der Waals surface area contributed by atoms with Gasteiger partial charge in [-0.15, -0.1) is 0 Å². The second-order valence-electron chi connectivity index (χ2n) is 7.44. The standard InChI is InChI=1S/C23H16ClN3O5/c24-16-11-5-7-13-18(16)25-22(28)19-20(15-10-4-6-12-17(15)27(30)31)26(32-21(19)23(25)29)14-8-2-1-3-9-14/h1-13,19-21H/t19-,20-,21-/m1/s1. The van der Waals surface area contributed by atoms with E-state index in [2.05, 4.69) is 0 Å². The third kappa shape index (κ3) is 3.04. The van der Waals surface area contributed by atoms with Gasteiger partial charge in [-0.05, 0) is 30.3 Å². The summed E-state index contributed by atoms with van der Waals surface area (Å²) in [4.78, 5) is 45.1. The van der Waals surface area contributed by atoms with Gasteiger partial charge in [0, 0.05) is 6.07 Å². The Bertz CT molecular complexity index is 1240. The van der Waals surface area contributed by atoms with Crippen molar-refractivity contribution >= 4 is 40.5 Å². The average molecular weight is 450 g/mol. The van der Waals surface area contributed by atoms with E-state index in [0.29, 0.717) is 5.69 Å². The number of carbonyl (C=O) groups is 2. The molecule has 0 radical (unpaired) electrons. The maximum Gasteiger partial charge on any atom is 0.274 e. The van der Waals surface area contributed by atoms with Gasteiger partial charge in [-0.2, -0.15) is 0 Å². The number of benzene rings is 3. The van der Waals surface area contributed by atoms with Crippen molar-refractivity contribution in [2.75, 3.05) is 9.96 Å². The first kappa shape index (κ1) is 20.2. The quantitative estimate of drug-likeness (QED) is 0.335. The lowest BCUT2D eigenvalue weighted by atomic mass is 9.89. The van der Waals surface area contributed by atoms with Gasteiger partial charge >= 0.3 is 0 Å². The molecule has 9 heteroatoms. The highest BCUT2D eigenvalue weighted by atomic mass is 35.5. The number of nitro groups is 1. The molecule has 0 aliphatic carbocycles. The topological polar surface area (TPSA) is 93.0 Å². The molecule has 5 rings (SSSR count). The molecule has 2 saturated heterocycles. The van der Waals surface area contributed by atoms with Crippen molar-refractivity contribution in [3.63, 3.8) is 0 Å². The number of carbonyl (C=O) groups excluding carboxylic acids is 2. The van der Waals surface area contributed by atoms with Gasteiger partial charge in [-0.1, -0.05) is 54.1 Å². The number of imide groups is 1. The normalized spacial score (nSPS) is 22.3. The fraction of sp³-hybridized carbons (Fsp3) is 0.130. The Morgan fingerprint density at radius 2 is 1.53 bits per heavy atom. The number of rotatable bonds is 4. The average Bonchev–Trinajstić information content (AvgIpc) is 3.31. The number of hydrogen-bond acceptors (Lipinski definition) is 6. The molecule has 8 nitrogen and oxygen atoms in total. The van der Waals surface area contributed by atoms with E-state index in [9.17, 15) is 19.7 Å². The zero-order valence-corrected chi connectivity index (χ0v) is 17.3. The van der Waals surface area contributed by atoms with Gasteiger partial charge < -0.3 is 0 Å². The first-order valence-electron chi connectivity index (χ1n) is 9.85. The largest absolute Gasteiger partial charge is 0.274 e. The Hall–Kier alpha value is -3.75. The number of anilines is 2. The van der Waals surface area contributed by atoms with E-state index in [0.717, 1.165) is 4.90 Å². The van der Waals surface area contributed by atoms with Crippen molar-refractivity contribution in [1.29, 1.82) is 0 Å². The van der Waals surface area contributed by atoms with Crippen molar-refractivity contribution in [3.05, 3.63) is 99.6 Å². The monoisotopic (exact) mass is 449 g/mol. The highest BCUT2D eigenvalue weighted by Gasteiger charge is 2.61. The number of nitrogens with zero attached hydrogens (tertiary/aromatic N) is 3. The van der Waals surface area contributed by atoms with Crippen LogP contribution in [0.5, 0.6) is 0 Å². The summed E-state index contributed by atoms with van der Waals surface area (Å²) in [7, 11) is 0. The molecule has 32 heavy (non-hydrogen) atoms. The van der Waals surface area contributed by atoms with Crippen LogP contribution in [-0.2, 0) is 14.4 Å². The fourth-order valence-electron chi connectivity index (χ4n) is 4.30. The number of hydroxylamine groups is 1. The van der Waals surface area contributed by atoms with Crippen molar-refractivity contribution in [2.45, 2.75) is 12.1 Å². The van der Waals surface area contributed by atoms with Crippen molar-refractivity contribution in [3.8, 4) is 0 Å². The zero-order chi connectivity index (χ0) is 22.4. The third-order valence-electron chi connectivity index (χ3n) is 5.67. The Kier molecular flexibility index (Phi) is 4.88. The summed E-state index contributed by atoms with van der Waals surface area (Å²) >= 11 is 6.25. The predicted octanol–water partition coefficient (Wildman–Crippen LogP) is 4.30. The lowest BCUT2D eigenvalue weighted by Crippen LogP contribution is -2.37. The first-order valence-corrected chi connectivity index (χ1v) is 10.2. The minimum atomic E-state index is -1.14. The molecule has 2 fully saturated rings. The van der Waals surface area contributed by atoms with E-state index >= 15 is 0 Å². The van der Waals surface area contributed by atoms with Gasteiger partial charge in [0.1, 0.15) is 12.0 Å². The van der Waals surface area contributed by atoms with Crippen LogP contribution in [0.25, 0.3) is 0 Å². The van der Waals surface area contributed by atoms with Crippen LogP contribution < -0.4 is 9.96 Å². The van der Waals surface area contributed by atoms with Crippen LogP contribution in [0.1, 0.15) is 11.6 Å². The third-order valence-corrected chi connectivity index (χ3v) is 5.99. The molecule has 0 bridgehead atoms. The molecule has 2 aliphatic heterocycles. The Balaban J connectivity index is 1.65. The molecule has 3 aromatic carbocycles.